The highest BCUT2D eigenvalue weighted by Gasteiger charge is 2.38. The highest BCUT2D eigenvalue weighted by atomic mass is 19.4. The number of alkyl halides is 3. The van der Waals surface area contributed by atoms with Crippen molar-refractivity contribution in [2.75, 3.05) is 25.5 Å². The zero-order chi connectivity index (χ0) is 16.9. The maximum absolute atomic E-state index is 12.3. The van der Waals surface area contributed by atoms with Gasteiger partial charge in [0, 0.05) is 12.2 Å². The van der Waals surface area contributed by atoms with E-state index in [-0.39, 0.29) is 12.5 Å². The number of para-hydroxylation sites is 1. The zero-order valence-corrected chi connectivity index (χ0v) is 12.8. The SMILES string of the molecule is CC(C)c1ccccc1NC(=O)CN(C)CC(O)C(F)(F)F. The molecule has 0 radical (unpaired) electrons. The number of nitrogens with zero attached hydrogens (tertiary/aromatic N) is 1. The van der Waals surface area contributed by atoms with Crippen molar-refractivity contribution in [3.63, 3.8) is 0 Å². The molecular formula is C15H21F3N2O2. The fraction of sp³-hybridized carbons (Fsp3) is 0.533. The Morgan fingerprint density at radius 3 is 2.45 bits per heavy atom. The predicted octanol–water partition coefficient (Wildman–Crippen LogP) is 2.60. The minimum Gasteiger partial charge on any atom is -0.382 e. The second kappa shape index (κ2) is 7.60. The molecule has 0 spiro atoms. The summed E-state index contributed by atoms with van der Waals surface area (Å²) in [4.78, 5) is 13.0. The monoisotopic (exact) mass is 318 g/mol. The van der Waals surface area contributed by atoms with E-state index in [0.29, 0.717) is 5.69 Å². The van der Waals surface area contributed by atoms with Crippen LogP contribution < -0.4 is 5.32 Å². The van der Waals surface area contributed by atoms with Gasteiger partial charge < -0.3 is 10.4 Å². The third kappa shape index (κ3) is 5.65. The van der Waals surface area contributed by atoms with Gasteiger partial charge in [0.1, 0.15) is 0 Å². The van der Waals surface area contributed by atoms with Gasteiger partial charge in [-0.2, -0.15) is 13.2 Å². The Labute approximate surface area is 127 Å². The summed E-state index contributed by atoms with van der Waals surface area (Å²) in [5, 5.41) is 11.7. The van der Waals surface area contributed by atoms with Gasteiger partial charge >= 0.3 is 6.18 Å². The van der Waals surface area contributed by atoms with Crippen molar-refractivity contribution < 1.29 is 23.1 Å². The van der Waals surface area contributed by atoms with E-state index in [1.807, 2.05) is 26.0 Å². The van der Waals surface area contributed by atoms with Crippen LogP contribution in [0.1, 0.15) is 25.3 Å². The Bertz CT molecular complexity index is 504. The molecule has 1 amide bonds. The molecule has 0 heterocycles. The Balaban J connectivity index is 2.60. The Hall–Kier alpha value is -1.60. The molecule has 0 saturated heterocycles. The van der Waals surface area contributed by atoms with E-state index in [4.69, 9.17) is 5.11 Å². The number of carbonyl (C=O) groups excluding carboxylic acids is 1. The van der Waals surface area contributed by atoms with Crippen LogP contribution in [0.3, 0.4) is 0 Å². The van der Waals surface area contributed by atoms with Crippen molar-refractivity contribution in [1.29, 1.82) is 0 Å². The Morgan fingerprint density at radius 2 is 1.91 bits per heavy atom. The first-order valence-corrected chi connectivity index (χ1v) is 6.93. The van der Waals surface area contributed by atoms with Gasteiger partial charge in [0.05, 0.1) is 6.54 Å². The molecule has 0 aromatic heterocycles. The number of rotatable bonds is 6. The summed E-state index contributed by atoms with van der Waals surface area (Å²) in [5.74, 6) is -0.216. The molecule has 1 aromatic rings. The number of amides is 1. The van der Waals surface area contributed by atoms with Crippen molar-refractivity contribution in [2.24, 2.45) is 0 Å². The quantitative estimate of drug-likeness (QED) is 0.848. The summed E-state index contributed by atoms with van der Waals surface area (Å²) in [6, 6.07) is 7.27. The van der Waals surface area contributed by atoms with Gasteiger partial charge in [0.2, 0.25) is 5.91 Å². The highest BCUT2D eigenvalue weighted by molar-refractivity contribution is 5.93. The maximum Gasteiger partial charge on any atom is 0.415 e. The minimum absolute atomic E-state index is 0.210. The van der Waals surface area contributed by atoms with E-state index in [2.05, 4.69) is 5.32 Å². The van der Waals surface area contributed by atoms with Crippen molar-refractivity contribution in [3.05, 3.63) is 29.8 Å². The smallest absolute Gasteiger partial charge is 0.382 e. The first-order chi connectivity index (χ1) is 10.1. The zero-order valence-electron chi connectivity index (χ0n) is 12.8. The number of hydrogen-bond donors (Lipinski definition) is 2. The molecule has 1 aromatic carbocycles. The van der Waals surface area contributed by atoms with Crippen LogP contribution >= 0.6 is 0 Å². The number of hydrogen-bond acceptors (Lipinski definition) is 3. The molecule has 0 aliphatic rings. The van der Waals surface area contributed by atoms with Crippen molar-refractivity contribution in [3.8, 4) is 0 Å². The molecule has 0 saturated carbocycles. The fourth-order valence-corrected chi connectivity index (χ4v) is 2.01. The van der Waals surface area contributed by atoms with Crippen molar-refractivity contribution >= 4 is 11.6 Å². The summed E-state index contributed by atoms with van der Waals surface area (Å²) < 4.78 is 36.8. The summed E-state index contributed by atoms with van der Waals surface area (Å²) in [7, 11) is 1.35. The molecule has 1 unspecified atom stereocenters. The fourth-order valence-electron chi connectivity index (χ4n) is 2.01. The van der Waals surface area contributed by atoms with Crippen LogP contribution in [0.15, 0.2) is 24.3 Å². The van der Waals surface area contributed by atoms with Crippen LogP contribution in [0.5, 0.6) is 0 Å². The number of anilines is 1. The standard InChI is InChI=1S/C15H21F3N2O2/c1-10(2)11-6-4-5-7-12(11)19-14(22)9-20(3)8-13(21)15(16,17)18/h4-7,10,13,21H,8-9H2,1-3H3,(H,19,22). The molecule has 22 heavy (non-hydrogen) atoms. The summed E-state index contributed by atoms with van der Waals surface area (Å²) in [6.45, 7) is 3.08. The first-order valence-electron chi connectivity index (χ1n) is 6.93. The van der Waals surface area contributed by atoms with Gasteiger partial charge in [0.25, 0.3) is 0 Å². The Kier molecular flexibility index (Phi) is 6.37. The van der Waals surface area contributed by atoms with E-state index >= 15 is 0 Å². The molecule has 4 nitrogen and oxygen atoms in total. The predicted molar refractivity (Wildman–Crippen MR) is 78.7 cm³/mol. The lowest BCUT2D eigenvalue weighted by Gasteiger charge is -2.22. The van der Waals surface area contributed by atoms with E-state index in [1.165, 1.54) is 7.05 Å². The highest BCUT2D eigenvalue weighted by Crippen LogP contribution is 2.23. The lowest BCUT2D eigenvalue weighted by Crippen LogP contribution is -2.42. The van der Waals surface area contributed by atoms with Crippen LogP contribution in [-0.4, -0.2) is 48.3 Å². The minimum atomic E-state index is -4.69. The van der Waals surface area contributed by atoms with Gasteiger partial charge in [-0.1, -0.05) is 32.0 Å². The molecule has 2 N–H and O–H groups in total. The Morgan fingerprint density at radius 1 is 1.32 bits per heavy atom. The summed E-state index contributed by atoms with van der Waals surface area (Å²) in [6.07, 6.45) is -7.15. The maximum atomic E-state index is 12.3. The number of aliphatic hydroxyl groups excluding tert-OH is 1. The van der Waals surface area contributed by atoms with Gasteiger partial charge in [-0.3, -0.25) is 9.69 Å². The number of carbonyl (C=O) groups is 1. The third-order valence-corrected chi connectivity index (χ3v) is 3.13. The molecule has 0 fully saturated rings. The number of benzene rings is 1. The summed E-state index contributed by atoms with van der Waals surface area (Å²) in [5.41, 5.74) is 1.60. The van der Waals surface area contributed by atoms with E-state index < -0.39 is 24.7 Å². The van der Waals surface area contributed by atoms with E-state index in [0.717, 1.165) is 10.5 Å². The number of halogens is 3. The topological polar surface area (TPSA) is 52.6 Å². The third-order valence-electron chi connectivity index (χ3n) is 3.13. The van der Waals surface area contributed by atoms with E-state index in [9.17, 15) is 18.0 Å². The average Bonchev–Trinajstić information content (AvgIpc) is 2.37. The molecule has 7 heteroatoms. The molecular weight excluding hydrogens is 297 g/mol. The molecule has 0 aliphatic heterocycles. The molecule has 124 valence electrons. The largest absolute Gasteiger partial charge is 0.415 e. The molecule has 1 atom stereocenters. The molecule has 1 rings (SSSR count). The normalized spacial score (nSPS) is 13.5. The molecule has 0 bridgehead atoms. The second-order valence-electron chi connectivity index (χ2n) is 5.54. The first kappa shape index (κ1) is 18.4. The van der Waals surface area contributed by atoms with Gasteiger partial charge in [0.15, 0.2) is 6.10 Å². The van der Waals surface area contributed by atoms with Crippen LogP contribution in [0.4, 0.5) is 18.9 Å². The summed E-state index contributed by atoms with van der Waals surface area (Å²) >= 11 is 0. The number of likely N-dealkylation sites (N-methyl/N-ethyl adjacent to an activating group) is 1. The van der Waals surface area contributed by atoms with Crippen molar-refractivity contribution in [1.82, 2.24) is 4.90 Å². The van der Waals surface area contributed by atoms with E-state index in [1.54, 1.807) is 12.1 Å². The lowest BCUT2D eigenvalue weighted by molar-refractivity contribution is -0.207. The lowest BCUT2D eigenvalue weighted by atomic mass is 10.0. The van der Waals surface area contributed by atoms with Gasteiger partial charge in [-0.05, 0) is 24.6 Å². The van der Waals surface area contributed by atoms with Crippen molar-refractivity contribution in [2.45, 2.75) is 32.0 Å². The number of aliphatic hydroxyl groups is 1. The van der Waals surface area contributed by atoms with Crippen LogP contribution in [0.2, 0.25) is 0 Å². The van der Waals surface area contributed by atoms with Crippen LogP contribution in [0.25, 0.3) is 0 Å². The van der Waals surface area contributed by atoms with Crippen LogP contribution in [-0.2, 0) is 4.79 Å². The van der Waals surface area contributed by atoms with Gasteiger partial charge in [-0.25, -0.2) is 0 Å². The second-order valence-corrected chi connectivity index (χ2v) is 5.54. The van der Waals surface area contributed by atoms with Crippen LogP contribution in [0, 0.1) is 0 Å². The average molecular weight is 318 g/mol. The number of nitrogens with one attached hydrogen (secondary N) is 1. The molecule has 0 aliphatic carbocycles. The van der Waals surface area contributed by atoms with Gasteiger partial charge in [-0.15, -0.1) is 0 Å².